The van der Waals surface area contributed by atoms with E-state index in [9.17, 15) is 0 Å². The first-order valence-electron chi connectivity index (χ1n) is 4.69. The molecule has 0 aliphatic carbocycles. The molecule has 0 radical (unpaired) electrons. The van der Waals surface area contributed by atoms with Crippen LogP contribution in [-0.4, -0.2) is 13.3 Å². The lowest BCUT2D eigenvalue weighted by Crippen LogP contribution is -1.97. The van der Waals surface area contributed by atoms with Gasteiger partial charge in [0.2, 0.25) is 0 Å². The van der Waals surface area contributed by atoms with E-state index in [0.29, 0.717) is 0 Å². The van der Waals surface area contributed by atoms with Gasteiger partial charge in [0.05, 0.1) is 7.11 Å². The Balaban J connectivity index is 2.91. The number of hydrogen-bond donors (Lipinski definition) is 1. The number of aliphatic imine (C=N–C) groups is 1. The van der Waals surface area contributed by atoms with E-state index >= 15 is 0 Å². The summed E-state index contributed by atoms with van der Waals surface area (Å²) in [5.74, 6) is 0.731. The molecule has 0 fully saturated rings. The van der Waals surface area contributed by atoms with Crippen LogP contribution in [0.25, 0.3) is 0 Å². The molecule has 0 aliphatic heterocycles. The van der Waals surface area contributed by atoms with Gasteiger partial charge in [0, 0.05) is 6.21 Å². The van der Waals surface area contributed by atoms with Crippen molar-refractivity contribution in [2.45, 2.75) is 0 Å². The van der Waals surface area contributed by atoms with E-state index in [0.717, 1.165) is 11.3 Å². The van der Waals surface area contributed by atoms with E-state index < -0.39 is 0 Å². The highest BCUT2D eigenvalue weighted by Crippen LogP contribution is 2.10. The Morgan fingerprint density at radius 3 is 2.41 bits per heavy atom. The molecule has 84 valence electrons. The highest BCUT2D eigenvalue weighted by Gasteiger charge is 1.98. The standard InChI is InChI=1S/C12H10N4O/c1-17-10-4-2-9(3-5-10)8-16-12(7-14)11(15)6-13/h2-5,8H,15H2,1H3/b12-11+,16-8?. The highest BCUT2D eigenvalue weighted by molar-refractivity contribution is 5.81. The lowest BCUT2D eigenvalue weighted by Gasteiger charge is -1.98. The average Bonchev–Trinajstić information content (AvgIpc) is 2.39. The normalized spacial score (nSPS) is 11.5. The van der Waals surface area contributed by atoms with Crippen LogP contribution >= 0.6 is 0 Å². The number of hydrogen-bond acceptors (Lipinski definition) is 5. The van der Waals surface area contributed by atoms with Crippen molar-refractivity contribution in [3.8, 4) is 17.9 Å². The van der Waals surface area contributed by atoms with Crippen LogP contribution in [0.3, 0.4) is 0 Å². The summed E-state index contributed by atoms with van der Waals surface area (Å²) < 4.78 is 5.00. The van der Waals surface area contributed by atoms with Crippen LogP contribution < -0.4 is 10.5 Å². The molecule has 0 saturated heterocycles. The second kappa shape index (κ2) is 5.94. The predicted octanol–water partition coefficient (Wildman–Crippen LogP) is 1.33. The Morgan fingerprint density at radius 2 is 1.94 bits per heavy atom. The molecule has 1 rings (SSSR count). The number of methoxy groups -OCH3 is 1. The first kappa shape index (κ1) is 12.3. The summed E-state index contributed by atoms with van der Waals surface area (Å²) >= 11 is 0. The van der Waals surface area contributed by atoms with E-state index in [1.54, 1.807) is 43.5 Å². The van der Waals surface area contributed by atoms with E-state index in [-0.39, 0.29) is 11.4 Å². The molecule has 0 heterocycles. The molecule has 0 aromatic heterocycles. The van der Waals surface area contributed by atoms with Crippen LogP contribution in [0.4, 0.5) is 0 Å². The van der Waals surface area contributed by atoms with Crippen molar-refractivity contribution in [2.24, 2.45) is 10.7 Å². The number of benzene rings is 1. The third kappa shape index (κ3) is 3.37. The Kier molecular flexibility index (Phi) is 4.29. The largest absolute Gasteiger partial charge is 0.497 e. The zero-order valence-corrected chi connectivity index (χ0v) is 9.21. The predicted molar refractivity (Wildman–Crippen MR) is 63.0 cm³/mol. The summed E-state index contributed by atoms with van der Waals surface area (Å²) in [6.07, 6.45) is 1.46. The number of rotatable bonds is 3. The zero-order chi connectivity index (χ0) is 12.7. The van der Waals surface area contributed by atoms with Crippen LogP contribution in [0.5, 0.6) is 5.75 Å². The van der Waals surface area contributed by atoms with Gasteiger partial charge in [-0.3, -0.25) is 0 Å². The summed E-state index contributed by atoms with van der Waals surface area (Å²) in [7, 11) is 1.58. The van der Waals surface area contributed by atoms with Crippen LogP contribution in [0.2, 0.25) is 0 Å². The summed E-state index contributed by atoms with van der Waals surface area (Å²) in [6.45, 7) is 0. The minimum atomic E-state index is -0.197. The van der Waals surface area contributed by atoms with Gasteiger partial charge in [-0.05, 0) is 29.8 Å². The van der Waals surface area contributed by atoms with Gasteiger partial charge >= 0.3 is 0 Å². The second-order valence-electron chi connectivity index (χ2n) is 3.02. The topological polar surface area (TPSA) is 95.2 Å². The summed E-state index contributed by atoms with van der Waals surface area (Å²) in [4.78, 5) is 3.84. The molecule has 1 aromatic rings. The van der Waals surface area contributed by atoms with Gasteiger partial charge in [0.1, 0.15) is 23.6 Å². The van der Waals surface area contributed by atoms with Gasteiger partial charge < -0.3 is 10.5 Å². The van der Waals surface area contributed by atoms with Gasteiger partial charge in [0.25, 0.3) is 0 Å². The molecule has 5 nitrogen and oxygen atoms in total. The van der Waals surface area contributed by atoms with Crippen molar-refractivity contribution in [3.63, 3.8) is 0 Å². The fourth-order valence-corrected chi connectivity index (χ4v) is 1.04. The van der Waals surface area contributed by atoms with E-state index in [1.165, 1.54) is 6.21 Å². The van der Waals surface area contributed by atoms with Gasteiger partial charge in [0.15, 0.2) is 5.70 Å². The van der Waals surface area contributed by atoms with Crippen molar-refractivity contribution in [3.05, 3.63) is 41.2 Å². The first-order valence-corrected chi connectivity index (χ1v) is 4.69. The minimum Gasteiger partial charge on any atom is -0.497 e. The molecule has 0 saturated carbocycles. The van der Waals surface area contributed by atoms with Gasteiger partial charge in [-0.1, -0.05) is 0 Å². The molecule has 1 aromatic carbocycles. The first-order chi connectivity index (χ1) is 8.21. The van der Waals surface area contributed by atoms with Gasteiger partial charge in [-0.2, -0.15) is 10.5 Å². The Labute approximate surface area is 99.1 Å². The van der Waals surface area contributed by atoms with Crippen molar-refractivity contribution < 1.29 is 4.74 Å². The van der Waals surface area contributed by atoms with Crippen molar-refractivity contribution in [1.29, 1.82) is 10.5 Å². The second-order valence-corrected chi connectivity index (χ2v) is 3.02. The Hall–Kier alpha value is -2.79. The molecule has 2 N–H and O–H groups in total. The number of allylic oxidation sites excluding steroid dienone is 2. The number of nitriles is 2. The maximum atomic E-state index is 8.72. The third-order valence-electron chi connectivity index (χ3n) is 1.94. The molecule has 0 aliphatic rings. The number of nitrogens with two attached hydrogens (primary N) is 1. The Morgan fingerprint density at radius 1 is 1.29 bits per heavy atom. The van der Waals surface area contributed by atoms with Crippen LogP contribution in [0.1, 0.15) is 5.56 Å². The van der Waals surface area contributed by atoms with E-state index in [2.05, 4.69) is 4.99 Å². The van der Waals surface area contributed by atoms with E-state index in [1.807, 2.05) is 0 Å². The molecule has 0 amide bonds. The van der Waals surface area contributed by atoms with Gasteiger partial charge in [-0.25, -0.2) is 4.99 Å². The maximum Gasteiger partial charge on any atom is 0.174 e. The Bertz CT molecular complexity index is 529. The quantitative estimate of drug-likeness (QED) is 0.621. The van der Waals surface area contributed by atoms with Gasteiger partial charge in [-0.15, -0.1) is 0 Å². The third-order valence-corrected chi connectivity index (χ3v) is 1.94. The fourth-order valence-electron chi connectivity index (χ4n) is 1.04. The molecule has 0 atom stereocenters. The molecule has 0 spiro atoms. The molecule has 0 unspecified atom stereocenters. The van der Waals surface area contributed by atoms with Crippen LogP contribution in [0.15, 0.2) is 40.7 Å². The monoisotopic (exact) mass is 226 g/mol. The molecule has 5 heteroatoms. The molecule has 17 heavy (non-hydrogen) atoms. The van der Waals surface area contributed by atoms with Crippen LogP contribution in [0, 0.1) is 22.7 Å². The van der Waals surface area contributed by atoms with Crippen molar-refractivity contribution >= 4 is 6.21 Å². The SMILES string of the molecule is COc1ccc(C=N/C(C#N)=C(/N)C#N)cc1. The average molecular weight is 226 g/mol. The van der Waals surface area contributed by atoms with Crippen LogP contribution in [-0.2, 0) is 0 Å². The van der Waals surface area contributed by atoms with Crippen molar-refractivity contribution in [2.75, 3.05) is 7.11 Å². The zero-order valence-electron chi connectivity index (χ0n) is 9.21. The maximum absolute atomic E-state index is 8.72. The lowest BCUT2D eigenvalue weighted by atomic mass is 10.2. The highest BCUT2D eigenvalue weighted by atomic mass is 16.5. The summed E-state index contributed by atoms with van der Waals surface area (Å²) in [5, 5.41) is 17.2. The molecular formula is C12H10N4O. The van der Waals surface area contributed by atoms with E-state index in [4.69, 9.17) is 21.0 Å². The lowest BCUT2D eigenvalue weighted by molar-refractivity contribution is 0.415. The number of ether oxygens (including phenoxy) is 1. The fraction of sp³-hybridized carbons (Fsp3) is 0.0833. The minimum absolute atomic E-state index is 0.0941. The summed E-state index contributed by atoms with van der Waals surface area (Å²) in [6, 6.07) is 10.5. The van der Waals surface area contributed by atoms with Crippen molar-refractivity contribution in [1.82, 2.24) is 0 Å². The molecule has 0 bridgehead atoms. The molecular weight excluding hydrogens is 216 g/mol. The number of nitrogens with zero attached hydrogens (tertiary/aromatic N) is 3. The smallest absolute Gasteiger partial charge is 0.174 e. The summed E-state index contributed by atoms with van der Waals surface area (Å²) in [5.41, 5.74) is 5.79.